The zero-order chi connectivity index (χ0) is 15.1. The molecule has 22 heavy (non-hydrogen) atoms. The first-order chi connectivity index (χ1) is 10.8. The number of likely N-dealkylation sites (tertiary alicyclic amines) is 1. The van der Waals surface area contributed by atoms with Crippen molar-refractivity contribution in [1.29, 1.82) is 5.26 Å². The van der Waals surface area contributed by atoms with E-state index in [1.807, 2.05) is 6.26 Å². The quantitative estimate of drug-likeness (QED) is 0.628. The number of thioether (sulfide) groups is 1. The van der Waals surface area contributed by atoms with Crippen LogP contribution in [0.5, 0.6) is 0 Å². The van der Waals surface area contributed by atoms with Crippen LogP contribution in [0.4, 0.5) is 5.82 Å². The highest BCUT2D eigenvalue weighted by Crippen LogP contribution is 2.40. The molecule has 3 heterocycles. The standard InChI is InChI=1S/C16H21N5S/c1-22-16-18-6-13(5-17)15(19-16)21-9-14(10-21)20-7-11-3-2-4-12(11)8-20/h6,11-12,14H,2-4,7-10H2,1H3. The van der Waals surface area contributed by atoms with Gasteiger partial charge in [-0.05, 0) is 30.9 Å². The minimum Gasteiger partial charge on any atom is -0.352 e. The van der Waals surface area contributed by atoms with Crippen molar-refractivity contribution >= 4 is 17.6 Å². The summed E-state index contributed by atoms with van der Waals surface area (Å²) in [6.45, 7) is 4.57. The average molecular weight is 315 g/mol. The molecule has 0 spiro atoms. The fraction of sp³-hybridized carbons (Fsp3) is 0.688. The molecular formula is C16H21N5S. The van der Waals surface area contributed by atoms with Gasteiger partial charge in [0.1, 0.15) is 11.6 Å². The summed E-state index contributed by atoms with van der Waals surface area (Å²) >= 11 is 1.52. The highest BCUT2D eigenvalue weighted by molar-refractivity contribution is 7.98. The Kier molecular flexibility index (Phi) is 3.71. The smallest absolute Gasteiger partial charge is 0.189 e. The Morgan fingerprint density at radius 1 is 1.23 bits per heavy atom. The van der Waals surface area contributed by atoms with E-state index in [1.165, 1.54) is 44.1 Å². The van der Waals surface area contributed by atoms with Crippen LogP contribution in [0.25, 0.3) is 0 Å². The van der Waals surface area contributed by atoms with Crippen LogP contribution in [-0.2, 0) is 0 Å². The van der Waals surface area contributed by atoms with Crippen LogP contribution in [0.1, 0.15) is 24.8 Å². The number of nitriles is 1. The monoisotopic (exact) mass is 315 g/mol. The van der Waals surface area contributed by atoms with Crippen molar-refractivity contribution in [3.63, 3.8) is 0 Å². The Bertz CT molecular complexity index is 595. The van der Waals surface area contributed by atoms with Gasteiger partial charge in [-0.15, -0.1) is 0 Å². The second-order valence-corrected chi connectivity index (χ2v) is 7.44. The summed E-state index contributed by atoms with van der Waals surface area (Å²) in [4.78, 5) is 13.6. The minimum atomic E-state index is 0.592. The van der Waals surface area contributed by atoms with E-state index in [4.69, 9.17) is 0 Å². The van der Waals surface area contributed by atoms with Gasteiger partial charge in [-0.25, -0.2) is 9.97 Å². The molecule has 2 unspecified atom stereocenters. The maximum Gasteiger partial charge on any atom is 0.189 e. The Morgan fingerprint density at radius 3 is 2.59 bits per heavy atom. The van der Waals surface area contributed by atoms with E-state index in [1.54, 1.807) is 6.20 Å². The molecule has 3 aliphatic rings. The van der Waals surface area contributed by atoms with Gasteiger partial charge in [-0.3, -0.25) is 4.90 Å². The summed E-state index contributed by atoms with van der Waals surface area (Å²) in [5.41, 5.74) is 0.592. The molecular weight excluding hydrogens is 294 g/mol. The molecule has 116 valence electrons. The fourth-order valence-corrected chi connectivity index (χ4v) is 4.54. The first-order valence-electron chi connectivity index (χ1n) is 8.08. The molecule has 0 amide bonds. The van der Waals surface area contributed by atoms with Gasteiger partial charge in [0.2, 0.25) is 0 Å². The molecule has 2 saturated heterocycles. The third kappa shape index (κ3) is 2.37. The van der Waals surface area contributed by atoms with Crippen molar-refractivity contribution in [2.24, 2.45) is 11.8 Å². The van der Waals surface area contributed by atoms with Gasteiger partial charge >= 0.3 is 0 Å². The van der Waals surface area contributed by atoms with E-state index in [2.05, 4.69) is 25.8 Å². The van der Waals surface area contributed by atoms with Crippen molar-refractivity contribution in [3.8, 4) is 6.07 Å². The molecule has 0 aromatic carbocycles. The number of hydrogen-bond donors (Lipinski definition) is 0. The van der Waals surface area contributed by atoms with Gasteiger partial charge in [-0.2, -0.15) is 5.26 Å². The molecule has 6 heteroatoms. The van der Waals surface area contributed by atoms with Gasteiger partial charge in [0, 0.05) is 32.2 Å². The molecule has 2 atom stereocenters. The van der Waals surface area contributed by atoms with E-state index in [0.29, 0.717) is 11.6 Å². The first-order valence-corrected chi connectivity index (χ1v) is 9.31. The minimum absolute atomic E-state index is 0.592. The number of fused-ring (bicyclic) bond motifs is 1. The Hall–Kier alpha value is -1.32. The van der Waals surface area contributed by atoms with Crippen LogP contribution in [0.15, 0.2) is 11.4 Å². The summed E-state index contributed by atoms with van der Waals surface area (Å²) in [5.74, 6) is 2.72. The predicted molar refractivity (Wildman–Crippen MR) is 86.9 cm³/mol. The van der Waals surface area contributed by atoms with Crippen molar-refractivity contribution in [2.75, 3.05) is 37.3 Å². The molecule has 1 aliphatic carbocycles. The van der Waals surface area contributed by atoms with Gasteiger partial charge < -0.3 is 4.90 Å². The molecule has 2 aliphatic heterocycles. The number of anilines is 1. The Morgan fingerprint density at radius 2 is 1.95 bits per heavy atom. The fourth-order valence-electron chi connectivity index (χ4n) is 4.20. The van der Waals surface area contributed by atoms with Crippen molar-refractivity contribution in [1.82, 2.24) is 14.9 Å². The van der Waals surface area contributed by atoms with E-state index in [0.717, 1.165) is 35.9 Å². The lowest BCUT2D eigenvalue weighted by Crippen LogP contribution is -2.59. The van der Waals surface area contributed by atoms with Crippen LogP contribution in [-0.4, -0.2) is 53.3 Å². The highest BCUT2D eigenvalue weighted by atomic mass is 32.2. The van der Waals surface area contributed by atoms with Crippen molar-refractivity contribution < 1.29 is 0 Å². The second-order valence-electron chi connectivity index (χ2n) is 6.67. The van der Waals surface area contributed by atoms with E-state index in [9.17, 15) is 5.26 Å². The van der Waals surface area contributed by atoms with Gasteiger partial charge in [0.05, 0.1) is 6.20 Å². The molecule has 0 N–H and O–H groups in total. The summed E-state index contributed by atoms with van der Waals surface area (Å²) < 4.78 is 0. The molecule has 4 rings (SSSR count). The normalized spacial score (nSPS) is 28.5. The molecule has 1 aromatic rings. The summed E-state index contributed by atoms with van der Waals surface area (Å²) in [5, 5.41) is 10.0. The van der Waals surface area contributed by atoms with Crippen molar-refractivity contribution in [3.05, 3.63) is 11.8 Å². The SMILES string of the molecule is CSc1ncc(C#N)c(N2CC(N3CC4CCCC4C3)C2)n1. The maximum atomic E-state index is 9.26. The summed E-state index contributed by atoms with van der Waals surface area (Å²) in [7, 11) is 0. The number of rotatable bonds is 3. The number of hydrogen-bond acceptors (Lipinski definition) is 6. The maximum absolute atomic E-state index is 9.26. The van der Waals surface area contributed by atoms with E-state index < -0.39 is 0 Å². The number of aromatic nitrogens is 2. The zero-order valence-electron chi connectivity index (χ0n) is 12.9. The average Bonchev–Trinajstić information content (AvgIpc) is 3.07. The zero-order valence-corrected chi connectivity index (χ0v) is 13.7. The number of nitrogens with zero attached hydrogens (tertiary/aromatic N) is 5. The van der Waals surface area contributed by atoms with E-state index in [-0.39, 0.29) is 0 Å². The molecule has 1 saturated carbocycles. The molecule has 0 radical (unpaired) electrons. The lowest BCUT2D eigenvalue weighted by Gasteiger charge is -2.45. The van der Waals surface area contributed by atoms with E-state index >= 15 is 0 Å². The third-order valence-electron chi connectivity index (χ3n) is 5.48. The molecule has 5 nitrogen and oxygen atoms in total. The lowest BCUT2D eigenvalue weighted by molar-refractivity contribution is 0.189. The van der Waals surface area contributed by atoms with Crippen LogP contribution >= 0.6 is 11.8 Å². The third-order valence-corrected chi connectivity index (χ3v) is 6.04. The lowest BCUT2D eigenvalue weighted by atomic mass is 10.0. The predicted octanol–water partition coefficient (Wildman–Crippen LogP) is 1.99. The molecule has 1 aromatic heterocycles. The summed E-state index contributed by atoms with van der Waals surface area (Å²) in [6.07, 6.45) is 7.91. The van der Waals surface area contributed by atoms with Crippen LogP contribution in [0.3, 0.4) is 0 Å². The van der Waals surface area contributed by atoms with Gasteiger partial charge in [-0.1, -0.05) is 18.2 Å². The highest BCUT2D eigenvalue weighted by Gasteiger charge is 2.42. The Labute approximate surface area is 135 Å². The van der Waals surface area contributed by atoms with Gasteiger partial charge in [0.15, 0.2) is 11.0 Å². The molecule has 0 bridgehead atoms. The first kappa shape index (κ1) is 14.3. The molecule has 3 fully saturated rings. The topological polar surface area (TPSA) is 56.1 Å². The largest absolute Gasteiger partial charge is 0.352 e. The summed E-state index contributed by atoms with van der Waals surface area (Å²) in [6, 6.07) is 2.87. The van der Waals surface area contributed by atoms with Crippen LogP contribution in [0.2, 0.25) is 0 Å². The second kappa shape index (κ2) is 5.71. The van der Waals surface area contributed by atoms with Crippen LogP contribution < -0.4 is 4.90 Å². The van der Waals surface area contributed by atoms with Crippen LogP contribution in [0, 0.1) is 23.2 Å². The Balaban J connectivity index is 1.42. The van der Waals surface area contributed by atoms with Gasteiger partial charge in [0.25, 0.3) is 0 Å². The van der Waals surface area contributed by atoms with Crippen molar-refractivity contribution in [2.45, 2.75) is 30.5 Å².